The summed E-state index contributed by atoms with van der Waals surface area (Å²) in [4.78, 5) is 4.52. The van der Waals surface area contributed by atoms with Gasteiger partial charge >= 0.3 is 0 Å². The van der Waals surface area contributed by atoms with Crippen molar-refractivity contribution in [2.45, 2.75) is 12.5 Å². The molecule has 1 N–H and O–H groups in total. The summed E-state index contributed by atoms with van der Waals surface area (Å²) < 4.78 is 7.20. The van der Waals surface area contributed by atoms with E-state index in [0.717, 1.165) is 18.8 Å². The van der Waals surface area contributed by atoms with E-state index in [0.29, 0.717) is 11.7 Å². The summed E-state index contributed by atoms with van der Waals surface area (Å²) in [6, 6.07) is 10.2. The molecule has 0 saturated carbocycles. The molecule has 0 saturated heterocycles. The monoisotopic (exact) mass is 281 g/mol. The van der Waals surface area contributed by atoms with Crippen molar-refractivity contribution >= 4 is 0 Å². The summed E-state index contributed by atoms with van der Waals surface area (Å²) in [5.41, 5.74) is 3.27. The lowest BCUT2D eigenvalue weighted by Gasteiger charge is -2.23. The van der Waals surface area contributed by atoms with E-state index in [1.807, 2.05) is 25.4 Å². The number of aromatic nitrogens is 4. The molecule has 1 aliphatic rings. The SMILES string of the molecule is Cn1ccc(-c2noc(C3CNCc4ccccc43)n2)n1. The van der Waals surface area contributed by atoms with Gasteiger partial charge in [-0.3, -0.25) is 4.68 Å². The minimum absolute atomic E-state index is 0.0971. The molecule has 1 aromatic carbocycles. The van der Waals surface area contributed by atoms with Crippen LogP contribution in [0.15, 0.2) is 41.1 Å². The number of hydrogen-bond acceptors (Lipinski definition) is 5. The molecule has 3 heterocycles. The Bertz CT molecular complexity index is 776. The van der Waals surface area contributed by atoms with Crippen LogP contribution in [0, 0.1) is 0 Å². The van der Waals surface area contributed by atoms with Gasteiger partial charge in [-0.25, -0.2) is 0 Å². The van der Waals surface area contributed by atoms with E-state index in [4.69, 9.17) is 4.52 Å². The third kappa shape index (κ3) is 2.13. The third-order valence-corrected chi connectivity index (χ3v) is 3.78. The molecule has 0 fully saturated rings. The van der Waals surface area contributed by atoms with E-state index in [1.54, 1.807) is 4.68 Å². The van der Waals surface area contributed by atoms with Crippen LogP contribution in [0.25, 0.3) is 11.5 Å². The van der Waals surface area contributed by atoms with E-state index in [-0.39, 0.29) is 5.92 Å². The van der Waals surface area contributed by atoms with Crippen molar-refractivity contribution in [1.29, 1.82) is 0 Å². The molecular weight excluding hydrogens is 266 g/mol. The maximum atomic E-state index is 5.47. The van der Waals surface area contributed by atoms with Gasteiger partial charge in [0.15, 0.2) is 0 Å². The van der Waals surface area contributed by atoms with Crippen LogP contribution in [0.2, 0.25) is 0 Å². The van der Waals surface area contributed by atoms with Crippen molar-refractivity contribution in [2.24, 2.45) is 7.05 Å². The average Bonchev–Trinajstić information content (AvgIpc) is 3.15. The Labute approximate surface area is 121 Å². The van der Waals surface area contributed by atoms with Crippen molar-refractivity contribution in [2.75, 3.05) is 6.54 Å². The number of nitrogens with zero attached hydrogens (tertiary/aromatic N) is 4. The predicted molar refractivity (Wildman–Crippen MR) is 76.5 cm³/mol. The molecule has 1 aliphatic heterocycles. The Morgan fingerprint density at radius 3 is 3.05 bits per heavy atom. The Morgan fingerprint density at radius 1 is 1.29 bits per heavy atom. The molecule has 2 aromatic heterocycles. The minimum atomic E-state index is 0.0971. The number of fused-ring (bicyclic) bond motifs is 1. The Hall–Kier alpha value is -2.47. The standard InChI is InChI=1S/C15H15N5O/c1-20-7-6-13(18-20)14-17-15(21-19-14)12-9-16-8-10-4-2-3-5-11(10)12/h2-7,12,16H,8-9H2,1H3. The first-order valence-electron chi connectivity index (χ1n) is 6.93. The van der Waals surface area contributed by atoms with Crippen LogP contribution in [0.4, 0.5) is 0 Å². The number of aryl methyl sites for hydroxylation is 1. The van der Waals surface area contributed by atoms with E-state index in [9.17, 15) is 0 Å². The Balaban J connectivity index is 1.71. The first-order chi connectivity index (χ1) is 10.3. The van der Waals surface area contributed by atoms with Crippen LogP contribution in [0.5, 0.6) is 0 Å². The highest BCUT2D eigenvalue weighted by Gasteiger charge is 2.26. The lowest BCUT2D eigenvalue weighted by atomic mass is 9.91. The summed E-state index contributed by atoms with van der Waals surface area (Å²) in [7, 11) is 1.87. The van der Waals surface area contributed by atoms with Gasteiger partial charge in [0.2, 0.25) is 11.7 Å². The van der Waals surface area contributed by atoms with Crippen LogP contribution in [-0.4, -0.2) is 26.5 Å². The van der Waals surface area contributed by atoms with Crippen molar-refractivity contribution in [1.82, 2.24) is 25.2 Å². The number of nitrogens with one attached hydrogen (secondary N) is 1. The molecule has 4 rings (SSSR count). The van der Waals surface area contributed by atoms with Gasteiger partial charge in [0.1, 0.15) is 5.69 Å². The Morgan fingerprint density at radius 2 is 2.19 bits per heavy atom. The number of hydrogen-bond donors (Lipinski definition) is 1. The fourth-order valence-electron chi connectivity index (χ4n) is 2.73. The predicted octanol–water partition coefficient (Wildman–Crippen LogP) is 1.71. The summed E-state index contributed by atoms with van der Waals surface area (Å²) in [6.07, 6.45) is 1.86. The van der Waals surface area contributed by atoms with E-state index in [1.165, 1.54) is 11.1 Å². The molecule has 0 radical (unpaired) electrons. The van der Waals surface area contributed by atoms with Crippen molar-refractivity contribution in [3.05, 3.63) is 53.5 Å². The molecule has 1 atom stereocenters. The lowest BCUT2D eigenvalue weighted by molar-refractivity contribution is 0.356. The highest BCUT2D eigenvalue weighted by molar-refractivity contribution is 5.47. The largest absolute Gasteiger partial charge is 0.338 e. The zero-order valence-electron chi connectivity index (χ0n) is 11.7. The Kier molecular flexibility index (Phi) is 2.82. The maximum Gasteiger partial charge on any atom is 0.235 e. The lowest BCUT2D eigenvalue weighted by Crippen LogP contribution is -2.28. The number of benzene rings is 1. The van der Waals surface area contributed by atoms with Gasteiger partial charge in [0.05, 0.1) is 5.92 Å². The highest BCUT2D eigenvalue weighted by Crippen LogP contribution is 2.29. The molecule has 6 nitrogen and oxygen atoms in total. The quantitative estimate of drug-likeness (QED) is 0.774. The van der Waals surface area contributed by atoms with Crippen LogP contribution in [0.3, 0.4) is 0 Å². The van der Waals surface area contributed by atoms with Crippen LogP contribution in [0.1, 0.15) is 22.9 Å². The molecule has 0 spiro atoms. The zero-order chi connectivity index (χ0) is 14.2. The first-order valence-corrected chi connectivity index (χ1v) is 6.93. The van der Waals surface area contributed by atoms with Gasteiger partial charge < -0.3 is 9.84 Å². The normalized spacial score (nSPS) is 17.7. The zero-order valence-corrected chi connectivity index (χ0v) is 11.7. The van der Waals surface area contributed by atoms with Gasteiger partial charge in [0, 0.05) is 26.3 Å². The molecule has 0 aliphatic carbocycles. The van der Waals surface area contributed by atoms with Crippen LogP contribution in [-0.2, 0) is 13.6 Å². The van der Waals surface area contributed by atoms with Gasteiger partial charge in [-0.1, -0.05) is 29.4 Å². The van der Waals surface area contributed by atoms with E-state index in [2.05, 4.69) is 38.8 Å². The highest BCUT2D eigenvalue weighted by atomic mass is 16.5. The molecule has 0 bridgehead atoms. The molecule has 3 aromatic rings. The second-order valence-corrected chi connectivity index (χ2v) is 5.21. The molecule has 6 heteroatoms. The fourth-order valence-corrected chi connectivity index (χ4v) is 2.73. The van der Waals surface area contributed by atoms with Gasteiger partial charge in [-0.2, -0.15) is 10.1 Å². The topological polar surface area (TPSA) is 68.8 Å². The smallest absolute Gasteiger partial charge is 0.235 e. The summed E-state index contributed by atoms with van der Waals surface area (Å²) >= 11 is 0. The van der Waals surface area contributed by atoms with E-state index >= 15 is 0 Å². The van der Waals surface area contributed by atoms with Crippen molar-refractivity contribution in [3.63, 3.8) is 0 Å². The van der Waals surface area contributed by atoms with Gasteiger partial charge in [-0.05, 0) is 17.2 Å². The third-order valence-electron chi connectivity index (χ3n) is 3.78. The second-order valence-electron chi connectivity index (χ2n) is 5.21. The first kappa shape index (κ1) is 12.3. The van der Waals surface area contributed by atoms with Crippen molar-refractivity contribution < 1.29 is 4.52 Å². The van der Waals surface area contributed by atoms with Crippen LogP contribution < -0.4 is 5.32 Å². The number of rotatable bonds is 2. The summed E-state index contributed by atoms with van der Waals surface area (Å²) in [5, 5.41) is 11.8. The molecule has 0 amide bonds. The van der Waals surface area contributed by atoms with E-state index < -0.39 is 0 Å². The molecule has 21 heavy (non-hydrogen) atoms. The van der Waals surface area contributed by atoms with Gasteiger partial charge in [-0.15, -0.1) is 0 Å². The summed E-state index contributed by atoms with van der Waals surface area (Å²) in [5.74, 6) is 1.27. The van der Waals surface area contributed by atoms with Crippen molar-refractivity contribution in [3.8, 4) is 11.5 Å². The fraction of sp³-hybridized carbons (Fsp3) is 0.267. The minimum Gasteiger partial charge on any atom is -0.338 e. The van der Waals surface area contributed by atoms with Crippen LogP contribution >= 0.6 is 0 Å². The maximum absolute atomic E-state index is 5.47. The second kappa shape index (κ2) is 4.82. The summed E-state index contributed by atoms with van der Waals surface area (Å²) in [6.45, 7) is 1.69. The molecular formula is C15H15N5O. The molecule has 1 unspecified atom stereocenters. The average molecular weight is 281 g/mol. The molecule has 106 valence electrons. The van der Waals surface area contributed by atoms with Gasteiger partial charge in [0.25, 0.3) is 0 Å².